The van der Waals surface area contributed by atoms with E-state index in [1.54, 1.807) is 12.1 Å². The fourth-order valence-corrected chi connectivity index (χ4v) is 2.12. The number of halogens is 1. The maximum atomic E-state index is 12.8. The molecule has 4 heteroatoms. The van der Waals surface area contributed by atoms with E-state index in [0.717, 1.165) is 17.5 Å². The SMILES string of the molecule is CCCNC(=O)c1cccc(CNCc2ccc(F)cc2)c1. The third-order valence-electron chi connectivity index (χ3n) is 3.30. The second kappa shape index (κ2) is 8.29. The average molecular weight is 300 g/mol. The van der Waals surface area contributed by atoms with Crippen LogP contribution in [0.3, 0.4) is 0 Å². The minimum atomic E-state index is -0.227. The van der Waals surface area contributed by atoms with Crippen molar-refractivity contribution in [2.24, 2.45) is 0 Å². The van der Waals surface area contributed by atoms with Gasteiger partial charge in [-0.2, -0.15) is 0 Å². The van der Waals surface area contributed by atoms with Crippen LogP contribution in [0, 0.1) is 5.82 Å². The fourth-order valence-electron chi connectivity index (χ4n) is 2.12. The number of carbonyl (C=O) groups excluding carboxylic acids is 1. The van der Waals surface area contributed by atoms with Gasteiger partial charge in [-0.25, -0.2) is 4.39 Å². The Hall–Kier alpha value is -2.20. The number of hydrogen-bond donors (Lipinski definition) is 2. The monoisotopic (exact) mass is 300 g/mol. The molecular weight excluding hydrogens is 279 g/mol. The summed E-state index contributed by atoms with van der Waals surface area (Å²) in [4.78, 5) is 11.9. The zero-order chi connectivity index (χ0) is 15.8. The topological polar surface area (TPSA) is 41.1 Å². The quantitative estimate of drug-likeness (QED) is 0.824. The van der Waals surface area contributed by atoms with Crippen molar-refractivity contribution >= 4 is 5.91 Å². The summed E-state index contributed by atoms with van der Waals surface area (Å²) < 4.78 is 12.8. The van der Waals surface area contributed by atoms with Gasteiger partial charge in [0.25, 0.3) is 5.91 Å². The van der Waals surface area contributed by atoms with Crippen LogP contribution in [0.25, 0.3) is 0 Å². The molecule has 0 heterocycles. The zero-order valence-electron chi connectivity index (χ0n) is 12.7. The molecule has 0 radical (unpaired) electrons. The second-order valence-corrected chi connectivity index (χ2v) is 5.19. The highest BCUT2D eigenvalue weighted by Crippen LogP contribution is 2.07. The first-order chi connectivity index (χ1) is 10.7. The van der Waals surface area contributed by atoms with Crippen LogP contribution >= 0.6 is 0 Å². The number of amides is 1. The van der Waals surface area contributed by atoms with Gasteiger partial charge in [0.1, 0.15) is 5.82 Å². The van der Waals surface area contributed by atoms with E-state index in [1.807, 2.05) is 31.2 Å². The first kappa shape index (κ1) is 16.2. The Morgan fingerprint density at radius 3 is 2.50 bits per heavy atom. The van der Waals surface area contributed by atoms with E-state index in [9.17, 15) is 9.18 Å². The molecule has 116 valence electrons. The van der Waals surface area contributed by atoms with Gasteiger partial charge in [-0.15, -0.1) is 0 Å². The van der Waals surface area contributed by atoms with Crippen molar-refractivity contribution in [2.45, 2.75) is 26.4 Å². The predicted molar refractivity (Wildman–Crippen MR) is 86.0 cm³/mol. The second-order valence-electron chi connectivity index (χ2n) is 5.19. The first-order valence-corrected chi connectivity index (χ1v) is 7.51. The number of carbonyl (C=O) groups is 1. The average Bonchev–Trinajstić information content (AvgIpc) is 2.55. The van der Waals surface area contributed by atoms with E-state index in [2.05, 4.69) is 10.6 Å². The minimum Gasteiger partial charge on any atom is -0.352 e. The lowest BCUT2D eigenvalue weighted by Gasteiger charge is -2.08. The van der Waals surface area contributed by atoms with Gasteiger partial charge in [-0.3, -0.25) is 4.79 Å². The summed E-state index contributed by atoms with van der Waals surface area (Å²) in [5.74, 6) is -0.267. The number of nitrogens with one attached hydrogen (secondary N) is 2. The van der Waals surface area contributed by atoms with Crippen LogP contribution in [0.1, 0.15) is 34.8 Å². The van der Waals surface area contributed by atoms with Crippen molar-refractivity contribution < 1.29 is 9.18 Å². The molecule has 0 fully saturated rings. The van der Waals surface area contributed by atoms with Crippen molar-refractivity contribution in [3.63, 3.8) is 0 Å². The summed E-state index contributed by atoms with van der Waals surface area (Å²) in [6.07, 6.45) is 0.921. The summed E-state index contributed by atoms with van der Waals surface area (Å²) in [5, 5.41) is 6.16. The molecule has 2 rings (SSSR count). The van der Waals surface area contributed by atoms with Gasteiger partial charge >= 0.3 is 0 Å². The Bertz CT molecular complexity index is 611. The molecule has 0 aliphatic rings. The lowest BCUT2D eigenvalue weighted by atomic mass is 10.1. The molecular formula is C18H21FN2O. The van der Waals surface area contributed by atoms with Crippen LogP contribution in [0.4, 0.5) is 4.39 Å². The van der Waals surface area contributed by atoms with Crippen LogP contribution in [0.5, 0.6) is 0 Å². The van der Waals surface area contributed by atoms with Gasteiger partial charge in [0, 0.05) is 25.2 Å². The minimum absolute atomic E-state index is 0.0396. The molecule has 0 aliphatic carbocycles. The molecule has 0 saturated heterocycles. The summed E-state index contributed by atoms with van der Waals surface area (Å²) in [7, 11) is 0. The van der Waals surface area contributed by atoms with Crippen molar-refractivity contribution in [3.8, 4) is 0 Å². The highest BCUT2D eigenvalue weighted by atomic mass is 19.1. The van der Waals surface area contributed by atoms with Gasteiger partial charge in [-0.1, -0.05) is 31.2 Å². The van der Waals surface area contributed by atoms with Gasteiger partial charge < -0.3 is 10.6 Å². The molecule has 0 aliphatic heterocycles. The van der Waals surface area contributed by atoms with Crippen molar-refractivity contribution in [3.05, 3.63) is 71.0 Å². The Morgan fingerprint density at radius 1 is 1.05 bits per heavy atom. The van der Waals surface area contributed by atoms with Crippen LogP contribution in [0.15, 0.2) is 48.5 Å². The zero-order valence-corrected chi connectivity index (χ0v) is 12.7. The molecule has 0 unspecified atom stereocenters. The number of hydrogen-bond acceptors (Lipinski definition) is 2. The molecule has 2 N–H and O–H groups in total. The van der Waals surface area contributed by atoms with Crippen molar-refractivity contribution in [1.29, 1.82) is 0 Å². The van der Waals surface area contributed by atoms with E-state index in [-0.39, 0.29) is 11.7 Å². The van der Waals surface area contributed by atoms with Crippen LogP contribution in [-0.2, 0) is 13.1 Å². The molecule has 0 saturated carbocycles. The Balaban J connectivity index is 1.87. The molecule has 1 amide bonds. The van der Waals surface area contributed by atoms with Crippen molar-refractivity contribution in [2.75, 3.05) is 6.54 Å². The summed E-state index contributed by atoms with van der Waals surface area (Å²) in [6, 6.07) is 14.0. The lowest BCUT2D eigenvalue weighted by molar-refractivity contribution is 0.0953. The molecule has 2 aromatic carbocycles. The normalized spacial score (nSPS) is 10.5. The highest BCUT2D eigenvalue weighted by molar-refractivity contribution is 5.94. The number of rotatable bonds is 7. The molecule has 3 nitrogen and oxygen atoms in total. The largest absolute Gasteiger partial charge is 0.352 e. The standard InChI is InChI=1S/C18H21FN2O/c1-2-10-21-18(22)16-5-3-4-15(11-16)13-20-12-14-6-8-17(19)9-7-14/h3-9,11,20H,2,10,12-13H2,1H3,(H,21,22). The summed E-state index contributed by atoms with van der Waals surface area (Å²) in [5.41, 5.74) is 2.75. The van der Waals surface area contributed by atoms with Crippen LogP contribution in [-0.4, -0.2) is 12.5 Å². The third-order valence-corrected chi connectivity index (χ3v) is 3.30. The van der Waals surface area contributed by atoms with E-state index in [4.69, 9.17) is 0 Å². The molecule has 2 aromatic rings. The van der Waals surface area contributed by atoms with Gasteiger partial charge in [0.15, 0.2) is 0 Å². The van der Waals surface area contributed by atoms with Crippen molar-refractivity contribution in [1.82, 2.24) is 10.6 Å². The Kier molecular flexibility index (Phi) is 6.10. The Labute approximate surface area is 130 Å². The predicted octanol–water partition coefficient (Wildman–Crippen LogP) is 3.26. The maximum absolute atomic E-state index is 12.8. The smallest absolute Gasteiger partial charge is 0.251 e. The maximum Gasteiger partial charge on any atom is 0.251 e. The van der Waals surface area contributed by atoms with Gasteiger partial charge in [-0.05, 0) is 41.8 Å². The Morgan fingerprint density at radius 2 is 1.77 bits per heavy atom. The van der Waals surface area contributed by atoms with Crippen LogP contribution in [0.2, 0.25) is 0 Å². The molecule has 22 heavy (non-hydrogen) atoms. The third kappa shape index (κ3) is 4.97. The summed E-state index contributed by atoms with van der Waals surface area (Å²) >= 11 is 0. The molecule has 0 atom stereocenters. The van der Waals surface area contributed by atoms with E-state index >= 15 is 0 Å². The van der Waals surface area contributed by atoms with Gasteiger partial charge in [0.2, 0.25) is 0 Å². The lowest BCUT2D eigenvalue weighted by Crippen LogP contribution is -2.24. The first-order valence-electron chi connectivity index (χ1n) is 7.51. The number of benzene rings is 2. The van der Waals surface area contributed by atoms with E-state index < -0.39 is 0 Å². The van der Waals surface area contributed by atoms with Gasteiger partial charge in [0.05, 0.1) is 0 Å². The molecule has 0 aromatic heterocycles. The molecule has 0 bridgehead atoms. The summed E-state index contributed by atoms with van der Waals surface area (Å²) in [6.45, 7) is 4.03. The fraction of sp³-hybridized carbons (Fsp3) is 0.278. The van der Waals surface area contributed by atoms with Crippen LogP contribution < -0.4 is 10.6 Å². The van der Waals surface area contributed by atoms with E-state index in [1.165, 1.54) is 12.1 Å². The van der Waals surface area contributed by atoms with E-state index in [0.29, 0.717) is 25.2 Å². The molecule has 0 spiro atoms. The highest BCUT2D eigenvalue weighted by Gasteiger charge is 2.05.